The van der Waals surface area contributed by atoms with Crippen LogP contribution in [0.15, 0.2) is 34.1 Å². The molecule has 2 N–H and O–H groups in total. The van der Waals surface area contributed by atoms with Gasteiger partial charge in [0.2, 0.25) is 20.0 Å². The van der Waals surface area contributed by atoms with Crippen LogP contribution in [-0.4, -0.2) is 29.4 Å². The molecule has 1 atom stereocenters. The maximum Gasteiger partial charge on any atom is 0.242 e. The fourth-order valence-corrected chi connectivity index (χ4v) is 8.64. The van der Waals surface area contributed by atoms with Gasteiger partial charge < -0.3 is 0 Å². The summed E-state index contributed by atoms with van der Waals surface area (Å²) in [6.07, 6.45) is 5.78. The van der Waals surface area contributed by atoms with Crippen molar-refractivity contribution in [2.45, 2.75) is 134 Å². The van der Waals surface area contributed by atoms with Crippen LogP contribution < -0.4 is 9.44 Å². The van der Waals surface area contributed by atoms with Gasteiger partial charge >= 0.3 is 0 Å². The highest BCUT2D eigenvalue weighted by Gasteiger charge is 2.31. The van der Waals surface area contributed by atoms with Crippen LogP contribution in [0.1, 0.15) is 152 Å². The van der Waals surface area contributed by atoms with Gasteiger partial charge in [0.15, 0.2) is 0 Å². The Kier molecular flexibility index (Phi) is 12.1. The normalized spacial score (nSPS) is 13.6. The van der Waals surface area contributed by atoms with Crippen molar-refractivity contribution in [3.8, 4) is 12.3 Å². The average molecular weight is 617 g/mol. The van der Waals surface area contributed by atoms with Gasteiger partial charge in [0, 0.05) is 6.54 Å². The molecule has 0 aromatic heterocycles. The summed E-state index contributed by atoms with van der Waals surface area (Å²) < 4.78 is 60.8. The van der Waals surface area contributed by atoms with E-state index in [9.17, 15) is 16.8 Å². The lowest BCUT2D eigenvalue weighted by Gasteiger charge is -2.25. The summed E-state index contributed by atoms with van der Waals surface area (Å²) >= 11 is 0. The third-order valence-electron chi connectivity index (χ3n) is 7.67. The number of hydrogen-bond acceptors (Lipinski definition) is 4. The monoisotopic (exact) mass is 616 g/mol. The minimum atomic E-state index is -4.08. The molecule has 0 spiro atoms. The Morgan fingerprint density at radius 2 is 0.881 bits per heavy atom. The molecule has 0 aliphatic rings. The van der Waals surface area contributed by atoms with Crippen molar-refractivity contribution in [3.63, 3.8) is 0 Å². The number of sulfonamides is 2. The SMILES string of the molecule is C#CC(CNS(=O)(=O)c1c(C(C)C)cc(C(C)C)cc1C(C)C)NS(=O)(=O)c1c(C(C)C)cc(C(C)C)cc1C(C)C. The first-order valence-electron chi connectivity index (χ1n) is 15.1. The third kappa shape index (κ3) is 8.25. The summed E-state index contributed by atoms with van der Waals surface area (Å²) in [4.78, 5) is 0.484. The van der Waals surface area contributed by atoms with E-state index in [4.69, 9.17) is 6.42 Å². The van der Waals surface area contributed by atoms with Crippen LogP contribution in [0.2, 0.25) is 0 Å². The molecule has 2 aromatic carbocycles. The molecule has 2 aromatic rings. The molecule has 234 valence electrons. The summed E-state index contributed by atoms with van der Waals surface area (Å²) in [5.41, 5.74) is 5.09. The molecule has 0 aliphatic heterocycles. The predicted molar refractivity (Wildman–Crippen MR) is 176 cm³/mol. The van der Waals surface area contributed by atoms with Crippen molar-refractivity contribution >= 4 is 20.0 Å². The van der Waals surface area contributed by atoms with Crippen LogP contribution in [0.3, 0.4) is 0 Å². The zero-order chi connectivity index (χ0) is 32.3. The largest absolute Gasteiger partial charge is 0.242 e. The molecule has 2 rings (SSSR count). The van der Waals surface area contributed by atoms with E-state index >= 15 is 0 Å². The predicted octanol–water partition coefficient (Wildman–Crippen LogP) is 7.69. The molecular weight excluding hydrogens is 565 g/mol. The molecule has 0 amide bonds. The van der Waals surface area contributed by atoms with E-state index in [1.165, 1.54) is 0 Å². The van der Waals surface area contributed by atoms with Crippen molar-refractivity contribution < 1.29 is 16.8 Å². The topological polar surface area (TPSA) is 92.3 Å². The molecule has 8 heteroatoms. The first-order valence-corrected chi connectivity index (χ1v) is 18.0. The van der Waals surface area contributed by atoms with E-state index < -0.39 is 26.1 Å². The first-order chi connectivity index (χ1) is 19.2. The summed E-state index contributed by atoms with van der Waals surface area (Å²) in [5.74, 6) is 2.77. The Hall–Kier alpha value is -2.18. The van der Waals surface area contributed by atoms with E-state index in [0.717, 1.165) is 33.4 Å². The maximum absolute atomic E-state index is 13.9. The van der Waals surface area contributed by atoms with Crippen LogP contribution in [0.4, 0.5) is 0 Å². The standard InChI is InChI=1S/C34H52N2O4S2/c1-14-28(36-42(39,40)34-31(24(10)11)17-27(21(4)5)18-32(34)25(12)13)19-35-41(37,38)33-29(22(6)7)15-26(20(2)3)16-30(33)23(8)9/h1,15-18,20-25,28,35-36H,19H2,2-13H3. The minimum absolute atomic E-state index is 0.0348. The second kappa shape index (κ2) is 14.1. The van der Waals surface area contributed by atoms with Crippen molar-refractivity contribution in [3.05, 3.63) is 57.6 Å². The lowest BCUT2D eigenvalue weighted by molar-refractivity contribution is 0.554. The summed E-state index contributed by atoms with van der Waals surface area (Å²) in [6.45, 7) is 23.9. The lowest BCUT2D eigenvalue weighted by atomic mass is 9.89. The molecule has 0 saturated carbocycles. The van der Waals surface area contributed by atoms with Crippen molar-refractivity contribution in [2.75, 3.05) is 6.54 Å². The van der Waals surface area contributed by atoms with E-state index in [0.29, 0.717) is 0 Å². The quantitative estimate of drug-likeness (QED) is 0.226. The highest BCUT2D eigenvalue weighted by molar-refractivity contribution is 7.90. The highest BCUT2D eigenvalue weighted by atomic mass is 32.2. The Morgan fingerprint density at radius 1 is 0.571 bits per heavy atom. The van der Waals surface area contributed by atoms with Gasteiger partial charge in [-0.3, -0.25) is 0 Å². The van der Waals surface area contributed by atoms with E-state index in [-0.39, 0.29) is 51.8 Å². The number of rotatable bonds is 13. The molecule has 42 heavy (non-hydrogen) atoms. The molecule has 0 fully saturated rings. The summed E-state index contributed by atoms with van der Waals surface area (Å²) in [6, 6.07) is 6.78. The van der Waals surface area contributed by atoms with Gasteiger partial charge in [-0.1, -0.05) is 113 Å². The second-order valence-electron chi connectivity index (χ2n) is 13.2. The zero-order valence-electron chi connectivity index (χ0n) is 27.6. The van der Waals surface area contributed by atoms with Gasteiger partial charge in [-0.15, -0.1) is 6.42 Å². The van der Waals surface area contributed by atoms with Crippen LogP contribution in [0.25, 0.3) is 0 Å². The molecular formula is C34H52N2O4S2. The number of benzene rings is 2. The third-order valence-corrected chi connectivity index (χ3v) is 10.8. The highest BCUT2D eigenvalue weighted by Crippen LogP contribution is 2.36. The maximum atomic E-state index is 13.9. The Morgan fingerprint density at radius 3 is 1.14 bits per heavy atom. The lowest BCUT2D eigenvalue weighted by Crippen LogP contribution is -2.43. The molecule has 0 heterocycles. The van der Waals surface area contributed by atoms with Gasteiger partial charge in [0.25, 0.3) is 0 Å². The Labute approximate surface area is 256 Å². The van der Waals surface area contributed by atoms with Crippen LogP contribution in [0, 0.1) is 12.3 Å². The molecule has 1 unspecified atom stereocenters. The summed E-state index contributed by atoms with van der Waals surface area (Å²) in [5, 5.41) is 0. The van der Waals surface area contributed by atoms with E-state index in [1.807, 2.05) is 79.7 Å². The zero-order valence-corrected chi connectivity index (χ0v) is 29.2. The fraction of sp³-hybridized carbons (Fsp3) is 0.588. The fourth-order valence-electron chi connectivity index (χ4n) is 5.05. The number of nitrogens with one attached hydrogen (secondary N) is 2. The van der Waals surface area contributed by atoms with Crippen molar-refractivity contribution in [1.82, 2.24) is 9.44 Å². The van der Waals surface area contributed by atoms with Gasteiger partial charge in [0.1, 0.15) is 0 Å². The second-order valence-corrected chi connectivity index (χ2v) is 16.5. The van der Waals surface area contributed by atoms with Crippen LogP contribution in [0.5, 0.6) is 0 Å². The van der Waals surface area contributed by atoms with Crippen molar-refractivity contribution in [2.24, 2.45) is 0 Å². The molecule has 0 saturated heterocycles. The van der Waals surface area contributed by atoms with Crippen LogP contribution >= 0.6 is 0 Å². The number of hydrogen-bond donors (Lipinski definition) is 2. The van der Waals surface area contributed by atoms with Gasteiger partial charge in [-0.25, -0.2) is 21.6 Å². The average Bonchev–Trinajstić information content (AvgIpc) is 2.88. The molecule has 0 bridgehead atoms. The first kappa shape index (κ1) is 36.0. The van der Waals surface area contributed by atoms with Gasteiger partial charge in [0.05, 0.1) is 15.8 Å². The van der Waals surface area contributed by atoms with Crippen LogP contribution in [-0.2, 0) is 20.0 Å². The van der Waals surface area contributed by atoms with E-state index in [1.54, 1.807) is 0 Å². The molecule has 0 aliphatic carbocycles. The number of terminal acetylenes is 1. The smallest absolute Gasteiger partial charge is 0.209 e. The molecule has 0 radical (unpaired) electrons. The van der Waals surface area contributed by atoms with E-state index in [2.05, 4.69) is 43.1 Å². The Balaban J connectivity index is 2.54. The minimum Gasteiger partial charge on any atom is -0.209 e. The Bertz CT molecular complexity index is 1450. The van der Waals surface area contributed by atoms with Gasteiger partial charge in [-0.05, 0) is 68.9 Å². The molecule has 6 nitrogen and oxygen atoms in total. The van der Waals surface area contributed by atoms with Gasteiger partial charge in [-0.2, -0.15) is 4.72 Å². The van der Waals surface area contributed by atoms with Crippen molar-refractivity contribution in [1.29, 1.82) is 0 Å². The summed E-state index contributed by atoms with van der Waals surface area (Å²) in [7, 11) is -8.10.